The number of aromatic nitrogens is 2. The fourth-order valence-electron chi connectivity index (χ4n) is 2.04. The van der Waals surface area contributed by atoms with E-state index >= 15 is 0 Å². The molecule has 0 aliphatic carbocycles. The minimum atomic E-state index is 0.711. The molecule has 0 unspecified atom stereocenters. The van der Waals surface area contributed by atoms with Crippen LogP contribution in [0.4, 0.5) is 0 Å². The highest BCUT2D eigenvalue weighted by Crippen LogP contribution is 2.18. The van der Waals surface area contributed by atoms with Crippen molar-refractivity contribution < 1.29 is 4.74 Å². The third-order valence-electron chi connectivity index (χ3n) is 2.93. The smallest absolute Gasteiger partial charge is 0.0841 e. The van der Waals surface area contributed by atoms with Crippen LogP contribution in [0.2, 0.25) is 0 Å². The average Bonchev–Trinajstić information content (AvgIpc) is 2.76. The average molecular weight is 247 g/mol. The van der Waals surface area contributed by atoms with Gasteiger partial charge in [0.15, 0.2) is 0 Å². The molecule has 0 bridgehead atoms. The zero-order chi connectivity index (χ0) is 12.8. The van der Waals surface area contributed by atoms with Gasteiger partial charge in [0.2, 0.25) is 0 Å². The molecule has 1 aromatic heterocycles. The molecule has 0 aliphatic heterocycles. The molecule has 0 aliphatic rings. The fraction of sp³-hybridized carbons (Fsp3) is 0.500. The van der Waals surface area contributed by atoms with Crippen LogP contribution in [0, 0.1) is 0 Å². The standard InChI is InChI=1S/C14H21N3O/c1-3-15-11-13-12-7-5-6-8-14(12)17(16-13)9-10-18-4-2/h5-8,15H,3-4,9-11H2,1-2H3. The lowest BCUT2D eigenvalue weighted by Crippen LogP contribution is -2.13. The van der Waals surface area contributed by atoms with Gasteiger partial charge >= 0.3 is 0 Å². The van der Waals surface area contributed by atoms with E-state index in [9.17, 15) is 0 Å². The lowest BCUT2D eigenvalue weighted by molar-refractivity contribution is 0.137. The Balaban J connectivity index is 2.23. The summed E-state index contributed by atoms with van der Waals surface area (Å²) in [5.41, 5.74) is 2.30. The summed E-state index contributed by atoms with van der Waals surface area (Å²) >= 11 is 0. The number of fused-ring (bicyclic) bond motifs is 1. The largest absolute Gasteiger partial charge is 0.380 e. The van der Waals surface area contributed by atoms with Crippen molar-refractivity contribution in [3.8, 4) is 0 Å². The number of para-hydroxylation sites is 1. The summed E-state index contributed by atoms with van der Waals surface area (Å²) in [5.74, 6) is 0. The second-order valence-electron chi connectivity index (χ2n) is 4.16. The molecule has 0 radical (unpaired) electrons. The molecule has 2 aromatic rings. The highest BCUT2D eigenvalue weighted by Gasteiger charge is 2.08. The van der Waals surface area contributed by atoms with Crippen molar-refractivity contribution in [1.29, 1.82) is 0 Å². The number of nitrogens with zero attached hydrogens (tertiary/aromatic N) is 2. The molecule has 18 heavy (non-hydrogen) atoms. The monoisotopic (exact) mass is 247 g/mol. The summed E-state index contributed by atoms with van der Waals surface area (Å²) in [6, 6.07) is 8.36. The molecule has 0 saturated heterocycles. The van der Waals surface area contributed by atoms with Crippen molar-refractivity contribution in [1.82, 2.24) is 15.1 Å². The molecule has 0 fully saturated rings. The molecule has 98 valence electrons. The van der Waals surface area contributed by atoms with Crippen LogP contribution in [-0.4, -0.2) is 29.5 Å². The lowest BCUT2D eigenvalue weighted by atomic mass is 10.2. The van der Waals surface area contributed by atoms with E-state index in [0.717, 1.165) is 31.9 Å². The van der Waals surface area contributed by atoms with Crippen molar-refractivity contribution in [2.75, 3.05) is 19.8 Å². The van der Waals surface area contributed by atoms with E-state index in [4.69, 9.17) is 4.74 Å². The molecule has 0 spiro atoms. The Morgan fingerprint density at radius 1 is 1.28 bits per heavy atom. The molecule has 1 heterocycles. The first-order valence-corrected chi connectivity index (χ1v) is 6.59. The van der Waals surface area contributed by atoms with Crippen LogP contribution in [0.5, 0.6) is 0 Å². The maximum atomic E-state index is 5.40. The Morgan fingerprint density at radius 3 is 2.89 bits per heavy atom. The maximum absolute atomic E-state index is 5.40. The van der Waals surface area contributed by atoms with E-state index in [1.807, 2.05) is 11.6 Å². The topological polar surface area (TPSA) is 39.1 Å². The number of hydrogen-bond donors (Lipinski definition) is 1. The number of hydrogen-bond acceptors (Lipinski definition) is 3. The maximum Gasteiger partial charge on any atom is 0.0841 e. The van der Waals surface area contributed by atoms with Gasteiger partial charge in [-0.05, 0) is 19.5 Å². The summed E-state index contributed by atoms with van der Waals surface area (Å²) < 4.78 is 7.44. The summed E-state index contributed by atoms with van der Waals surface area (Å²) in [4.78, 5) is 0. The third kappa shape index (κ3) is 2.89. The van der Waals surface area contributed by atoms with Gasteiger partial charge in [-0.3, -0.25) is 4.68 Å². The zero-order valence-electron chi connectivity index (χ0n) is 11.1. The molecule has 0 atom stereocenters. The van der Waals surface area contributed by atoms with Gasteiger partial charge in [0, 0.05) is 18.5 Å². The predicted molar refractivity (Wildman–Crippen MR) is 73.6 cm³/mol. The normalized spacial score (nSPS) is 11.2. The molecule has 1 aromatic carbocycles. The molecule has 4 heteroatoms. The number of nitrogens with one attached hydrogen (secondary N) is 1. The van der Waals surface area contributed by atoms with Crippen molar-refractivity contribution in [3.05, 3.63) is 30.0 Å². The summed E-state index contributed by atoms with van der Waals surface area (Å²) in [7, 11) is 0. The second kappa shape index (κ2) is 6.52. The van der Waals surface area contributed by atoms with Crippen LogP contribution in [0.15, 0.2) is 24.3 Å². The van der Waals surface area contributed by atoms with Gasteiger partial charge in [0.1, 0.15) is 0 Å². The Morgan fingerprint density at radius 2 is 2.11 bits per heavy atom. The van der Waals surface area contributed by atoms with Crippen molar-refractivity contribution in [2.45, 2.75) is 26.9 Å². The van der Waals surface area contributed by atoms with Crippen LogP contribution < -0.4 is 5.32 Å². The van der Waals surface area contributed by atoms with Gasteiger partial charge < -0.3 is 10.1 Å². The van der Waals surface area contributed by atoms with E-state index in [-0.39, 0.29) is 0 Å². The Kier molecular flexibility index (Phi) is 4.73. The number of rotatable bonds is 7. The quantitative estimate of drug-likeness (QED) is 0.762. The Hall–Kier alpha value is -1.39. The van der Waals surface area contributed by atoms with Crippen LogP contribution in [0.1, 0.15) is 19.5 Å². The van der Waals surface area contributed by atoms with E-state index in [1.54, 1.807) is 0 Å². The molecule has 4 nitrogen and oxygen atoms in total. The molecular weight excluding hydrogens is 226 g/mol. The number of benzene rings is 1. The minimum Gasteiger partial charge on any atom is -0.380 e. The van der Waals surface area contributed by atoms with Crippen LogP contribution >= 0.6 is 0 Å². The number of ether oxygens (including phenoxy) is 1. The summed E-state index contributed by atoms with van der Waals surface area (Å²) in [6.07, 6.45) is 0. The molecule has 0 saturated carbocycles. The Labute approximate surface area is 108 Å². The lowest BCUT2D eigenvalue weighted by Gasteiger charge is -2.03. The zero-order valence-corrected chi connectivity index (χ0v) is 11.1. The first-order valence-electron chi connectivity index (χ1n) is 6.59. The van der Waals surface area contributed by atoms with Crippen molar-refractivity contribution in [2.24, 2.45) is 0 Å². The van der Waals surface area contributed by atoms with Gasteiger partial charge in [-0.1, -0.05) is 25.1 Å². The van der Waals surface area contributed by atoms with Gasteiger partial charge in [-0.15, -0.1) is 0 Å². The van der Waals surface area contributed by atoms with Gasteiger partial charge in [0.25, 0.3) is 0 Å². The third-order valence-corrected chi connectivity index (χ3v) is 2.93. The van der Waals surface area contributed by atoms with E-state index in [1.165, 1.54) is 10.9 Å². The first-order chi connectivity index (χ1) is 8.86. The minimum absolute atomic E-state index is 0.711. The molecule has 0 amide bonds. The molecule has 1 N–H and O–H groups in total. The van der Waals surface area contributed by atoms with Gasteiger partial charge in [0.05, 0.1) is 24.4 Å². The highest BCUT2D eigenvalue weighted by atomic mass is 16.5. The summed E-state index contributed by atoms with van der Waals surface area (Å²) in [5, 5.41) is 9.23. The highest BCUT2D eigenvalue weighted by molar-refractivity contribution is 5.81. The van der Waals surface area contributed by atoms with Crippen LogP contribution in [0.3, 0.4) is 0 Å². The van der Waals surface area contributed by atoms with E-state index in [0.29, 0.717) is 6.61 Å². The Bertz CT molecular complexity index is 493. The van der Waals surface area contributed by atoms with Crippen LogP contribution in [-0.2, 0) is 17.8 Å². The van der Waals surface area contributed by atoms with E-state index < -0.39 is 0 Å². The summed E-state index contributed by atoms with van der Waals surface area (Å²) in [6.45, 7) is 8.16. The second-order valence-corrected chi connectivity index (χ2v) is 4.16. The van der Waals surface area contributed by atoms with Crippen molar-refractivity contribution in [3.63, 3.8) is 0 Å². The van der Waals surface area contributed by atoms with E-state index in [2.05, 4.69) is 41.6 Å². The van der Waals surface area contributed by atoms with Crippen molar-refractivity contribution >= 4 is 10.9 Å². The fourth-order valence-corrected chi connectivity index (χ4v) is 2.04. The molecule has 2 rings (SSSR count). The van der Waals surface area contributed by atoms with Gasteiger partial charge in [-0.2, -0.15) is 5.10 Å². The first kappa shape index (κ1) is 13.1. The van der Waals surface area contributed by atoms with Crippen LogP contribution in [0.25, 0.3) is 10.9 Å². The molecular formula is C14H21N3O. The SMILES string of the molecule is CCNCc1nn(CCOCC)c2ccccc12. The van der Waals surface area contributed by atoms with Gasteiger partial charge in [-0.25, -0.2) is 0 Å². The predicted octanol–water partition coefficient (Wildman–Crippen LogP) is 2.18.